The van der Waals surface area contributed by atoms with E-state index >= 15 is 0 Å². The number of nitrogens with zero attached hydrogens (tertiary/aromatic N) is 2. The second kappa shape index (κ2) is 7.59. The Kier molecular flexibility index (Phi) is 5.58. The van der Waals surface area contributed by atoms with Gasteiger partial charge in [0.1, 0.15) is 0 Å². The van der Waals surface area contributed by atoms with Gasteiger partial charge in [0.15, 0.2) is 0 Å². The van der Waals surface area contributed by atoms with E-state index in [-0.39, 0.29) is 41.4 Å². The maximum atomic E-state index is 12.9. The monoisotopic (exact) mass is 394 g/mol. The zero-order valence-corrected chi connectivity index (χ0v) is 16.5. The molecule has 3 rings (SSSR count). The molecule has 7 nitrogen and oxygen atoms in total. The second-order valence-electron chi connectivity index (χ2n) is 7.66. The number of rotatable bonds is 4. The minimum atomic E-state index is -3.90. The van der Waals surface area contributed by atoms with Gasteiger partial charge in [0, 0.05) is 31.6 Å². The van der Waals surface area contributed by atoms with E-state index in [1.54, 1.807) is 0 Å². The Hall–Kier alpha value is -1.93. The molecule has 2 atom stereocenters. The third kappa shape index (κ3) is 3.87. The summed E-state index contributed by atoms with van der Waals surface area (Å²) in [6, 6.07) is 5.87. The van der Waals surface area contributed by atoms with Gasteiger partial charge in [0.2, 0.25) is 15.9 Å². The molecule has 0 bridgehead atoms. The van der Waals surface area contributed by atoms with E-state index in [4.69, 9.17) is 0 Å². The lowest BCUT2D eigenvalue weighted by atomic mass is 9.96. The third-order valence-corrected chi connectivity index (χ3v) is 7.56. The van der Waals surface area contributed by atoms with Crippen LogP contribution in [0.2, 0.25) is 0 Å². The van der Waals surface area contributed by atoms with Gasteiger partial charge in [-0.25, -0.2) is 13.2 Å². The number of carbonyl (C=O) groups excluding carboxylic acids is 1. The topological polar surface area (TPSA) is 95.0 Å². The third-order valence-electron chi connectivity index (χ3n) is 5.61. The van der Waals surface area contributed by atoms with Gasteiger partial charge >= 0.3 is 5.97 Å². The number of carboxylic acid groups (broad SMARTS) is 1. The normalized spacial score (nSPS) is 24.9. The van der Waals surface area contributed by atoms with E-state index in [1.807, 2.05) is 4.90 Å². The fraction of sp³-hybridized carbons (Fsp3) is 0.579. The van der Waals surface area contributed by atoms with Crippen LogP contribution in [0.4, 0.5) is 0 Å². The largest absolute Gasteiger partial charge is 0.478 e. The SMILES string of the molecule is CC1CC(C)N(C(=O)C2CCN(S(=O)(=O)c3ccccc3C(=O)O)CC2)C1. The fourth-order valence-corrected chi connectivity index (χ4v) is 5.85. The van der Waals surface area contributed by atoms with Crippen molar-refractivity contribution in [3.05, 3.63) is 29.8 Å². The van der Waals surface area contributed by atoms with Crippen LogP contribution in [-0.2, 0) is 14.8 Å². The average molecular weight is 394 g/mol. The molecular formula is C19H26N2O5S. The molecular weight excluding hydrogens is 368 g/mol. The summed E-state index contributed by atoms with van der Waals surface area (Å²) in [4.78, 5) is 25.9. The van der Waals surface area contributed by atoms with Crippen LogP contribution in [-0.4, -0.2) is 60.3 Å². The lowest BCUT2D eigenvalue weighted by Gasteiger charge is -2.34. The van der Waals surface area contributed by atoms with Crippen LogP contribution in [0.15, 0.2) is 29.2 Å². The molecule has 0 saturated carbocycles. The zero-order valence-electron chi connectivity index (χ0n) is 15.7. The average Bonchev–Trinajstić information content (AvgIpc) is 2.99. The van der Waals surface area contributed by atoms with Crippen LogP contribution in [0.3, 0.4) is 0 Å². The number of aromatic carboxylic acids is 1. The predicted octanol–water partition coefficient (Wildman–Crippen LogP) is 2.04. The van der Waals surface area contributed by atoms with Crippen molar-refractivity contribution in [1.82, 2.24) is 9.21 Å². The minimum Gasteiger partial charge on any atom is -0.478 e. The van der Waals surface area contributed by atoms with Gasteiger partial charge in [-0.05, 0) is 44.2 Å². The highest BCUT2D eigenvalue weighted by atomic mass is 32.2. The first-order valence-corrected chi connectivity index (χ1v) is 10.8. The Balaban J connectivity index is 1.70. The van der Waals surface area contributed by atoms with Gasteiger partial charge in [0.25, 0.3) is 0 Å². The van der Waals surface area contributed by atoms with E-state index in [1.165, 1.54) is 28.6 Å². The highest BCUT2D eigenvalue weighted by Crippen LogP contribution is 2.30. The van der Waals surface area contributed by atoms with Gasteiger partial charge in [-0.3, -0.25) is 4.79 Å². The van der Waals surface area contributed by atoms with E-state index in [0.717, 1.165) is 13.0 Å². The Bertz CT molecular complexity index is 830. The summed E-state index contributed by atoms with van der Waals surface area (Å²) < 4.78 is 27.1. The van der Waals surface area contributed by atoms with Gasteiger partial charge in [0.05, 0.1) is 10.5 Å². The molecule has 1 N–H and O–H groups in total. The molecule has 2 aliphatic rings. The Labute approximate surface area is 160 Å². The number of piperidine rings is 1. The van der Waals surface area contributed by atoms with E-state index in [9.17, 15) is 23.1 Å². The van der Waals surface area contributed by atoms with Gasteiger partial charge in [-0.1, -0.05) is 19.1 Å². The molecule has 8 heteroatoms. The number of likely N-dealkylation sites (tertiary alicyclic amines) is 1. The molecule has 0 spiro atoms. The molecule has 2 heterocycles. The van der Waals surface area contributed by atoms with E-state index < -0.39 is 16.0 Å². The van der Waals surface area contributed by atoms with Crippen LogP contribution in [0.25, 0.3) is 0 Å². The van der Waals surface area contributed by atoms with Crippen molar-refractivity contribution in [1.29, 1.82) is 0 Å². The molecule has 2 unspecified atom stereocenters. The first-order chi connectivity index (χ1) is 12.7. The molecule has 2 saturated heterocycles. The minimum absolute atomic E-state index is 0.120. The van der Waals surface area contributed by atoms with Gasteiger partial charge in [-0.2, -0.15) is 4.31 Å². The molecule has 2 aliphatic heterocycles. The summed E-state index contributed by atoms with van der Waals surface area (Å²) in [7, 11) is -3.90. The standard InChI is InChI=1S/C19H26N2O5S/c1-13-11-14(2)21(12-13)18(22)15-7-9-20(10-8-15)27(25,26)17-6-4-3-5-16(17)19(23)24/h3-6,13-15H,7-12H2,1-2H3,(H,23,24). The smallest absolute Gasteiger partial charge is 0.337 e. The Morgan fingerprint density at radius 2 is 1.74 bits per heavy atom. The highest BCUT2D eigenvalue weighted by Gasteiger charge is 2.38. The molecule has 148 valence electrons. The van der Waals surface area contributed by atoms with Crippen molar-refractivity contribution in [2.75, 3.05) is 19.6 Å². The molecule has 1 aromatic rings. The Morgan fingerprint density at radius 3 is 2.30 bits per heavy atom. The summed E-state index contributed by atoms with van der Waals surface area (Å²) in [5.41, 5.74) is -0.226. The number of hydrogen-bond acceptors (Lipinski definition) is 4. The van der Waals surface area contributed by atoms with Crippen LogP contribution < -0.4 is 0 Å². The number of carboxylic acids is 1. The first-order valence-electron chi connectivity index (χ1n) is 9.34. The summed E-state index contributed by atoms with van der Waals surface area (Å²) in [6.07, 6.45) is 1.93. The maximum absolute atomic E-state index is 12.9. The van der Waals surface area contributed by atoms with Crippen molar-refractivity contribution in [2.24, 2.45) is 11.8 Å². The fourth-order valence-electron chi connectivity index (χ4n) is 4.19. The van der Waals surface area contributed by atoms with Gasteiger partial charge in [-0.15, -0.1) is 0 Å². The number of carbonyl (C=O) groups is 2. The molecule has 0 aliphatic carbocycles. The lowest BCUT2D eigenvalue weighted by Crippen LogP contribution is -2.45. The maximum Gasteiger partial charge on any atom is 0.337 e. The number of amides is 1. The van der Waals surface area contributed by atoms with Crippen LogP contribution >= 0.6 is 0 Å². The Morgan fingerprint density at radius 1 is 1.11 bits per heavy atom. The quantitative estimate of drug-likeness (QED) is 0.843. The summed E-state index contributed by atoms with van der Waals surface area (Å²) >= 11 is 0. The molecule has 1 aromatic carbocycles. The van der Waals surface area contributed by atoms with Gasteiger partial charge < -0.3 is 10.0 Å². The highest BCUT2D eigenvalue weighted by molar-refractivity contribution is 7.89. The molecule has 27 heavy (non-hydrogen) atoms. The number of benzene rings is 1. The number of hydrogen-bond donors (Lipinski definition) is 1. The van der Waals surface area contributed by atoms with Crippen molar-refractivity contribution in [3.8, 4) is 0 Å². The lowest BCUT2D eigenvalue weighted by molar-refractivity contribution is -0.137. The van der Waals surface area contributed by atoms with E-state index in [0.29, 0.717) is 18.8 Å². The first kappa shape index (κ1) is 19.8. The second-order valence-corrected chi connectivity index (χ2v) is 9.57. The van der Waals surface area contributed by atoms with Crippen molar-refractivity contribution < 1.29 is 23.1 Å². The summed E-state index contributed by atoms with van der Waals surface area (Å²) in [5, 5.41) is 9.28. The van der Waals surface area contributed by atoms with Crippen LogP contribution in [0.5, 0.6) is 0 Å². The molecule has 0 aromatic heterocycles. The predicted molar refractivity (Wildman–Crippen MR) is 99.8 cm³/mol. The van der Waals surface area contributed by atoms with Crippen molar-refractivity contribution in [3.63, 3.8) is 0 Å². The summed E-state index contributed by atoms with van der Waals surface area (Å²) in [5.74, 6) is -0.818. The van der Waals surface area contributed by atoms with Crippen molar-refractivity contribution in [2.45, 2.75) is 44.0 Å². The molecule has 1 amide bonds. The molecule has 0 radical (unpaired) electrons. The number of sulfonamides is 1. The van der Waals surface area contributed by atoms with Crippen molar-refractivity contribution >= 4 is 21.9 Å². The van der Waals surface area contributed by atoms with E-state index in [2.05, 4.69) is 13.8 Å². The zero-order chi connectivity index (χ0) is 19.8. The van der Waals surface area contributed by atoms with Crippen LogP contribution in [0.1, 0.15) is 43.5 Å². The molecule has 2 fully saturated rings. The van der Waals surface area contributed by atoms with Crippen LogP contribution in [0, 0.1) is 11.8 Å². The summed E-state index contributed by atoms with van der Waals surface area (Å²) in [6.45, 7) is 5.42.